The molecule has 0 spiro atoms. The van der Waals surface area contributed by atoms with Crippen molar-refractivity contribution in [2.45, 2.75) is 26.2 Å². The SMILES string of the molecule is CC1CC(c2nc(-c3ccccc3)nc(-c3ccccc3)n2)=CC=C1c1cc(-c2ccc(C3=N/C(C4C=CC=CCC4)=C/C=C/C(c4ccccc4)=N\3)cc2)c2ccccc2c1. The molecule has 62 heavy (non-hydrogen) atoms. The smallest absolute Gasteiger partial charge is 0.164 e. The first-order valence-corrected chi connectivity index (χ1v) is 21.5. The van der Waals surface area contributed by atoms with Gasteiger partial charge >= 0.3 is 0 Å². The maximum Gasteiger partial charge on any atom is 0.164 e. The van der Waals surface area contributed by atoms with Gasteiger partial charge in [-0.25, -0.2) is 24.9 Å². The van der Waals surface area contributed by atoms with E-state index in [0.717, 1.165) is 69.9 Å². The predicted octanol–water partition coefficient (Wildman–Crippen LogP) is 13.7. The second-order valence-electron chi connectivity index (χ2n) is 16.0. The van der Waals surface area contributed by atoms with Crippen molar-refractivity contribution in [3.05, 3.63) is 235 Å². The van der Waals surface area contributed by atoms with E-state index in [1.807, 2.05) is 42.5 Å². The van der Waals surface area contributed by atoms with Crippen LogP contribution in [-0.2, 0) is 0 Å². The van der Waals surface area contributed by atoms with Gasteiger partial charge in [-0.3, -0.25) is 0 Å². The highest BCUT2D eigenvalue weighted by molar-refractivity contribution is 6.17. The Morgan fingerprint density at radius 1 is 0.516 bits per heavy atom. The number of nitrogens with zero attached hydrogens (tertiary/aromatic N) is 5. The summed E-state index contributed by atoms with van der Waals surface area (Å²) in [7, 11) is 0. The van der Waals surface area contributed by atoms with Crippen molar-refractivity contribution in [1.82, 2.24) is 15.0 Å². The highest BCUT2D eigenvalue weighted by Gasteiger charge is 2.23. The van der Waals surface area contributed by atoms with Crippen LogP contribution < -0.4 is 0 Å². The van der Waals surface area contributed by atoms with Gasteiger partial charge in [0, 0.05) is 33.9 Å². The van der Waals surface area contributed by atoms with Crippen molar-refractivity contribution in [1.29, 1.82) is 0 Å². The molecule has 5 heteroatoms. The fourth-order valence-corrected chi connectivity index (χ4v) is 8.55. The molecule has 2 unspecified atom stereocenters. The lowest BCUT2D eigenvalue weighted by molar-refractivity contribution is 0.681. The Kier molecular flexibility index (Phi) is 10.9. The molecule has 0 N–H and O–H groups in total. The quantitative estimate of drug-likeness (QED) is 0.154. The number of aliphatic imine (C=N–C) groups is 2. The Morgan fingerprint density at radius 2 is 1.16 bits per heavy atom. The van der Waals surface area contributed by atoms with E-state index in [0.29, 0.717) is 17.5 Å². The molecule has 0 bridgehead atoms. The van der Waals surface area contributed by atoms with E-state index < -0.39 is 0 Å². The molecule has 1 aromatic heterocycles. The molecule has 0 fully saturated rings. The van der Waals surface area contributed by atoms with Crippen LogP contribution in [0.25, 0.3) is 55.8 Å². The Hall–Kier alpha value is -7.63. The van der Waals surface area contributed by atoms with Crippen LogP contribution in [0.2, 0.25) is 0 Å². The van der Waals surface area contributed by atoms with Gasteiger partial charge < -0.3 is 0 Å². The maximum absolute atomic E-state index is 5.29. The largest absolute Gasteiger partial charge is 0.233 e. The van der Waals surface area contributed by atoms with E-state index in [4.69, 9.17) is 24.9 Å². The topological polar surface area (TPSA) is 63.4 Å². The number of fused-ring (bicyclic) bond motifs is 1. The highest BCUT2D eigenvalue weighted by atomic mass is 15.0. The monoisotopic (exact) mass is 799 g/mol. The predicted molar refractivity (Wildman–Crippen MR) is 258 cm³/mol. The van der Waals surface area contributed by atoms with Crippen LogP contribution >= 0.6 is 0 Å². The molecule has 10 rings (SSSR count). The fourth-order valence-electron chi connectivity index (χ4n) is 8.55. The second-order valence-corrected chi connectivity index (χ2v) is 16.0. The first-order chi connectivity index (χ1) is 30.6. The molecule has 298 valence electrons. The van der Waals surface area contributed by atoms with Gasteiger partial charge in [0.25, 0.3) is 0 Å². The number of aromatic nitrogens is 3. The minimum absolute atomic E-state index is 0.213. The average molecular weight is 800 g/mol. The standard InChI is InChI=1S/C57H45N5/c1-39-36-47(57-61-55(43-22-11-5-12-23-43)60-56(62-57)44-24-13-6-14-25-44)34-35-49(39)48-37-46-26-15-16-27-50(46)51(38-48)40-30-32-45(33-31-40)54-58-52(41-18-7-2-3-8-19-41)28-17-29-53(59-54)42-20-9-4-10-21-42/h2-7,9-18,20-35,37-39,41H,8,19,36H2,1H3/b28-17?,29-17+,52-28+,53-29?,58-52?,58-54-,59-53+,59-54?. The number of hydrogen-bond donors (Lipinski definition) is 0. The van der Waals surface area contributed by atoms with Gasteiger partial charge in [-0.1, -0.05) is 189 Å². The summed E-state index contributed by atoms with van der Waals surface area (Å²) in [6.07, 6.45) is 22.4. The highest BCUT2D eigenvalue weighted by Crippen LogP contribution is 2.40. The number of allylic oxidation sites excluding steroid dienone is 11. The minimum atomic E-state index is 0.213. The van der Waals surface area contributed by atoms with Crippen LogP contribution in [0.3, 0.4) is 0 Å². The van der Waals surface area contributed by atoms with Crippen molar-refractivity contribution in [3.8, 4) is 33.9 Å². The molecule has 2 atom stereocenters. The molecule has 6 aromatic carbocycles. The summed E-state index contributed by atoms with van der Waals surface area (Å²) >= 11 is 0. The maximum atomic E-state index is 5.29. The molecule has 0 amide bonds. The molecule has 2 aliphatic carbocycles. The van der Waals surface area contributed by atoms with Crippen LogP contribution in [-0.4, -0.2) is 26.5 Å². The molecule has 7 aromatic rings. The molecule has 5 nitrogen and oxygen atoms in total. The van der Waals surface area contributed by atoms with Crippen LogP contribution in [0.1, 0.15) is 48.7 Å². The summed E-state index contributed by atoms with van der Waals surface area (Å²) in [5.74, 6) is 3.23. The van der Waals surface area contributed by atoms with Crippen LogP contribution in [0.4, 0.5) is 0 Å². The molecule has 0 saturated carbocycles. The first kappa shape index (κ1) is 38.6. The van der Waals surface area contributed by atoms with Crippen molar-refractivity contribution in [2.75, 3.05) is 0 Å². The molecule has 1 aliphatic heterocycles. The molecule has 0 radical (unpaired) electrons. The van der Waals surface area contributed by atoms with Crippen LogP contribution in [0.15, 0.2) is 222 Å². The summed E-state index contributed by atoms with van der Waals surface area (Å²) in [6.45, 7) is 2.30. The number of benzene rings is 6. The van der Waals surface area contributed by atoms with Crippen LogP contribution in [0, 0.1) is 11.8 Å². The Labute approximate surface area is 363 Å². The molecular weight excluding hydrogens is 755 g/mol. The average Bonchev–Trinajstić information content (AvgIpc) is 3.62. The number of amidine groups is 1. The summed E-state index contributed by atoms with van der Waals surface area (Å²) in [5, 5.41) is 2.42. The molecule has 3 aliphatic rings. The minimum Gasteiger partial charge on any atom is -0.233 e. The molecular formula is C57H45N5. The fraction of sp³-hybridized carbons (Fsp3) is 0.105. The Bertz CT molecular complexity index is 2960. The van der Waals surface area contributed by atoms with E-state index in [2.05, 4.69) is 171 Å². The van der Waals surface area contributed by atoms with Crippen molar-refractivity contribution in [2.24, 2.45) is 21.8 Å². The normalized spacial score (nSPS) is 20.6. The Morgan fingerprint density at radius 3 is 1.87 bits per heavy atom. The first-order valence-electron chi connectivity index (χ1n) is 21.5. The third-order valence-corrected chi connectivity index (χ3v) is 11.8. The van der Waals surface area contributed by atoms with E-state index >= 15 is 0 Å². The second kappa shape index (κ2) is 17.5. The zero-order chi connectivity index (χ0) is 41.7. The van der Waals surface area contributed by atoms with E-state index in [1.54, 1.807) is 0 Å². The molecule has 2 heterocycles. The van der Waals surface area contributed by atoms with Crippen molar-refractivity contribution < 1.29 is 0 Å². The van der Waals surface area contributed by atoms with Crippen molar-refractivity contribution in [3.63, 3.8) is 0 Å². The van der Waals surface area contributed by atoms with E-state index in [9.17, 15) is 0 Å². The third kappa shape index (κ3) is 8.26. The van der Waals surface area contributed by atoms with Gasteiger partial charge in [0.1, 0.15) is 0 Å². The summed E-state index contributed by atoms with van der Waals surface area (Å²) in [4.78, 5) is 25.5. The zero-order valence-corrected chi connectivity index (χ0v) is 34.6. The zero-order valence-electron chi connectivity index (χ0n) is 34.6. The lowest BCUT2D eigenvalue weighted by atomic mass is 9.82. The molecule has 0 saturated heterocycles. The lowest BCUT2D eigenvalue weighted by Crippen LogP contribution is -2.09. The number of rotatable bonds is 8. The summed E-state index contributed by atoms with van der Waals surface area (Å²) < 4.78 is 0. The van der Waals surface area contributed by atoms with Crippen LogP contribution in [0.5, 0.6) is 0 Å². The van der Waals surface area contributed by atoms with E-state index in [1.165, 1.54) is 27.5 Å². The van der Waals surface area contributed by atoms with Gasteiger partial charge in [-0.2, -0.15) is 0 Å². The lowest BCUT2D eigenvalue weighted by Gasteiger charge is -2.23. The van der Waals surface area contributed by atoms with Crippen molar-refractivity contribution >= 4 is 33.5 Å². The summed E-state index contributed by atoms with van der Waals surface area (Å²) in [6, 6.07) is 52.8. The van der Waals surface area contributed by atoms with Gasteiger partial charge in [0.2, 0.25) is 0 Å². The summed E-state index contributed by atoms with van der Waals surface area (Å²) in [5.41, 5.74) is 11.8. The Balaban J connectivity index is 1.01. The van der Waals surface area contributed by atoms with Gasteiger partial charge in [-0.05, 0) is 88.1 Å². The van der Waals surface area contributed by atoms with E-state index in [-0.39, 0.29) is 11.8 Å². The number of hydrogen-bond acceptors (Lipinski definition) is 5. The van der Waals surface area contributed by atoms with Gasteiger partial charge in [0.15, 0.2) is 23.3 Å². The van der Waals surface area contributed by atoms with Gasteiger partial charge in [0.05, 0.1) is 5.71 Å². The third-order valence-electron chi connectivity index (χ3n) is 11.8. The van der Waals surface area contributed by atoms with Gasteiger partial charge in [-0.15, -0.1) is 0 Å².